The SMILES string of the molecule is CSCC[C@H](N)C(=O)NC(CCCc1ccccc1F)C(=O)O. The number of halogens is 1. The van der Waals surface area contributed by atoms with Gasteiger partial charge >= 0.3 is 5.97 Å². The van der Waals surface area contributed by atoms with Crippen LogP contribution in [-0.2, 0) is 16.0 Å². The Labute approximate surface area is 139 Å². The Kier molecular flexibility index (Phi) is 8.65. The summed E-state index contributed by atoms with van der Waals surface area (Å²) < 4.78 is 13.5. The number of thioether (sulfide) groups is 1. The van der Waals surface area contributed by atoms with Crippen molar-refractivity contribution in [2.45, 2.75) is 37.8 Å². The zero-order valence-electron chi connectivity index (χ0n) is 13.1. The van der Waals surface area contributed by atoms with Crippen LogP contribution in [0.2, 0.25) is 0 Å². The van der Waals surface area contributed by atoms with Gasteiger partial charge in [0.15, 0.2) is 0 Å². The molecule has 1 aromatic carbocycles. The van der Waals surface area contributed by atoms with Crippen molar-refractivity contribution < 1.29 is 19.1 Å². The van der Waals surface area contributed by atoms with Gasteiger partial charge in [0, 0.05) is 0 Å². The molecule has 1 aromatic rings. The molecule has 128 valence electrons. The largest absolute Gasteiger partial charge is 0.480 e. The third-order valence-corrected chi connectivity index (χ3v) is 4.13. The Morgan fingerprint density at radius 2 is 2.04 bits per heavy atom. The Balaban J connectivity index is 2.47. The van der Waals surface area contributed by atoms with Crippen molar-refractivity contribution in [2.24, 2.45) is 5.73 Å². The van der Waals surface area contributed by atoms with Crippen molar-refractivity contribution in [3.8, 4) is 0 Å². The molecule has 0 saturated heterocycles. The molecule has 0 aliphatic rings. The molecule has 0 fully saturated rings. The number of carboxylic acid groups (broad SMARTS) is 1. The minimum atomic E-state index is -1.11. The standard InChI is InChI=1S/C16H23FN2O3S/c1-23-10-9-13(18)15(20)19-14(16(21)22)8-4-6-11-5-2-3-7-12(11)17/h2-3,5,7,13-14H,4,6,8-10,18H2,1H3,(H,19,20)(H,21,22)/t13-,14?/m0/s1. The Hall–Kier alpha value is -1.60. The number of carboxylic acids is 1. The molecule has 0 spiro atoms. The van der Waals surface area contributed by atoms with E-state index in [1.54, 1.807) is 30.0 Å². The number of benzene rings is 1. The second-order valence-electron chi connectivity index (χ2n) is 5.27. The molecular weight excluding hydrogens is 319 g/mol. The van der Waals surface area contributed by atoms with Gasteiger partial charge in [-0.15, -0.1) is 0 Å². The summed E-state index contributed by atoms with van der Waals surface area (Å²) in [6.07, 6.45) is 3.51. The second kappa shape index (κ2) is 10.2. The summed E-state index contributed by atoms with van der Waals surface area (Å²) in [5, 5.41) is 11.7. The summed E-state index contributed by atoms with van der Waals surface area (Å²) in [6, 6.07) is 4.67. The van der Waals surface area contributed by atoms with Gasteiger partial charge in [0.25, 0.3) is 0 Å². The van der Waals surface area contributed by atoms with Crippen LogP contribution in [-0.4, -0.2) is 41.1 Å². The molecule has 1 unspecified atom stereocenters. The van der Waals surface area contributed by atoms with Crippen molar-refractivity contribution in [2.75, 3.05) is 12.0 Å². The van der Waals surface area contributed by atoms with Crippen molar-refractivity contribution >= 4 is 23.6 Å². The lowest BCUT2D eigenvalue weighted by molar-refractivity contribution is -0.142. The number of aryl methyl sites for hydroxylation is 1. The Bertz CT molecular complexity index is 528. The first-order valence-electron chi connectivity index (χ1n) is 7.46. The first-order valence-corrected chi connectivity index (χ1v) is 8.86. The summed E-state index contributed by atoms with van der Waals surface area (Å²) in [5.41, 5.74) is 6.26. The molecule has 0 aliphatic heterocycles. The van der Waals surface area contributed by atoms with Crippen LogP contribution in [0.15, 0.2) is 24.3 Å². The number of amides is 1. The van der Waals surface area contributed by atoms with E-state index < -0.39 is 24.0 Å². The lowest BCUT2D eigenvalue weighted by Gasteiger charge is -2.17. The number of nitrogens with two attached hydrogens (primary N) is 1. The lowest BCUT2D eigenvalue weighted by atomic mass is 10.0. The zero-order chi connectivity index (χ0) is 17.2. The maximum atomic E-state index is 13.5. The van der Waals surface area contributed by atoms with Crippen LogP contribution in [0.25, 0.3) is 0 Å². The summed E-state index contributed by atoms with van der Waals surface area (Å²) in [7, 11) is 0. The van der Waals surface area contributed by atoms with Gasteiger partial charge in [0.2, 0.25) is 5.91 Å². The van der Waals surface area contributed by atoms with Crippen LogP contribution < -0.4 is 11.1 Å². The molecule has 0 aromatic heterocycles. The highest BCUT2D eigenvalue weighted by molar-refractivity contribution is 7.98. The van der Waals surface area contributed by atoms with Crippen LogP contribution in [0.5, 0.6) is 0 Å². The molecule has 2 atom stereocenters. The van der Waals surface area contributed by atoms with E-state index in [0.29, 0.717) is 24.8 Å². The maximum absolute atomic E-state index is 13.5. The number of hydrogen-bond donors (Lipinski definition) is 3. The number of carbonyl (C=O) groups is 2. The molecule has 1 rings (SSSR count). The van der Waals surface area contributed by atoms with E-state index in [2.05, 4.69) is 5.32 Å². The van der Waals surface area contributed by atoms with E-state index in [1.165, 1.54) is 6.07 Å². The van der Waals surface area contributed by atoms with Gasteiger partial charge in [-0.1, -0.05) is 18.2 Å². The molecular formula is C16H23FN2O3S. The Morgan fingerprint density at radius 3 is 2.65 bits per heavy atom. The average Bonchev–Trinajstić information content (AvgIpc) is 2.52. The summed E-state index contributed by atoms with van der Waals surface area (Å²) in [4.78, 5) is 23.1. The minimum absolute atomic E-state index is 0.227. The average molecular weight is 342 g/mol. The van der Waals surface area contributed by atoms with Gasteiger partial charge in [-0.05, 0) is 49.3 Å². The normalized spacial score (nSPS) is 13.3. The number of nitrogens with one attached hydrogen (secondary N) is 1. The third kappa shape index (κ3) is 7.00. The number of rotatable bonds is 10. The molecule has 0 radical (unpaired) electrons. The van der Waals surface area contributed by atoms with Crippen molar-refractivity contribution in [1.29, 1.82) is 0 Å². The van der Waals surface area contributed by atoms with Gasteiger partial charge in [0.1, 0.15) is 11.9 Å². The van der Waals surface area contributed by atoms with Crippen LogP contribution in [0.4, 0.5) is 4.39 Å². The predicted octanol–water partition coefficient (Wildman–Crippen LogP) is 1.80. The molecule has 7 heteroatoms. The predicted molar refractivity (Wildman–Crippen MR) is 89.9 cm³/mol. The van der Waals surface area contributed by atoms with Crippen LogP contribution in [0.1, 0.15) is 24.8 Å². The second-order valence-corrected chi connectivity index (χ2v) is 6.26. The molecule has 0 saturated carbocycles. The number of carbonyl (C=O) groups excluding carboxylic acids is 1. The summed E-state index contributed by atoms with van der Waals surface area (Å²) in [5.74, 6) is -1.14. The fraction of sp³-hybridized carbons (Fsp3) is 0.500. The highest BCUT2D eigenvalue weighted by Gasteiger charge is 2.22. The van der Waals surface area contributed by atoms with E-state index in [-0.39, 0.29) is 12.2 Å². The molecule has 4 N–H and O–H groups in total. The molecule has 0 bridgehead atoms. The number of aliphatic carboxylic acids is 1. The van der Waals surface area contributed by atoms with Gasteiger partial charge in [0.05, 0.1) is 6.04 Å². The molecule has 1 amide bonds. The van der Waals surface area contributed by atoms with Crippen LogP contribution in [0.3, 0.4) is 0 Å². The topological polar surface area (TPSA) is 92.4 Å². The van der Waals surface area contributed by atoms with E-state index in [0.717, 1.165) is 5.75 Å². The summed E-state index contributed by atoms with van der Waals surface area (Å²) in [6.45, 7) is 0. The van der Waals surface area contributed by atoms with Gasteiger partial charge in [-0.2, -0.15) is 11.8 Å². The van der Waals surface area contributed by atoms with Crippen molar-refractivity contribution in [1.82, 2.24) is 5.32 Å². The van der Waals surface area contributed by atoms with E-state index in [9.17, 15) is 19.1 Å². The zero-order valence-corrected chi connectivity index (χ0v) is 13.9. The lowest BCUT2D eigenvalue weighted by Crippen LogP contribution is -2.48. The first-order chi connectivity index (χ1) is 11.0. The van der Waals surface area contributed by atoms with Crippen LogP contribution in [0, 0.1) is 5.82 Å². The van der Waals surface area contributed by atoms with Crippen LogP contribution >= 0.6 is 11.8 Å². The molecule has 0 heterocycles. The van der Waals surface area contributed by atoms with Gasteiger partial charge < -0.3 is 16.2 Å². The molecule has 23 heavy (non-hydrogen) atoms. The highest BCUT2D eigenvalue weighted by Crippen LogP contribution is 2.11. The van der Waals surface area contributed by atoms with Gasteiger partial charge in [-0.25, -0.2) is 9.18 Å². The molecule has 5 nitrogen and oxygen atoms in total. The maximum Gasteiger partial charge on any atom is 0.326 e. The monoisotopic (exact) mass is 342 g/mol. The Morgan fingerprint density at radius 1 is 1.35 bits per heavy atom. The van der Waals surface area contributed by atoms with Gasteiger partial charge in [-0.3, -0.25) is 4.79 Å². The number of hydrogen-bond acceptors (Lipinski definition) is 4. The first kappa shape index (κ1) is 19.4. The highest BCUT2D eigenvalue weighted by atomic mass is 32.2. The summed E-state index contributed by atoms with van der Waals surface area (Å²) >= 11 is 1.57. The van der Waals surface area contributed by atoms with E-state index in [1.807, 2.05) is 6.26 Å². The van der Waals surface area contributed by atoms with E-state index >= 15 is 0 Å². The quantitative estimate of drug-likeness (QED) is 0.603. The third-order valence-electron chi connectivity index (χ3n) is 3.48. The van der Waals surface area contributed by atoms with E-state index in [4.69, 9.17) is 5.73 Å². The minimum Gasteiger partial charge on any atom is -0.480 e. The fourth-order valence-electron chi connectivity index (χ4n) is 2.11. The van der Waals surface area contributed by atoms with Crippen molar-refractivity contribution in [3.05, 3.63) is 35.6 Å². The fourth-order valence-corrected chi connectivity index (χ4v) is 2.60. The smallest absolute Gasteiger partial charge is 0.326 e. The van der Waals surface area contributed by atoms with Crippen molar-refractivity contribution in [3.63, 3.8) is 0 Å². The molecule has 0 aliphatic carbocycles.